The molecule has 0 unspecified atom stereocenters. The highest BCUT2D eigenvalue weighted by Gasteiger charge is 2.11. The molecule has 3 heteroatoms. The van der Waals surface area contributed by atoms with Crippen LogP contribution in [0.1, 0.15) is 34.1 Å². The van der Waals surface area contributed by atoms with Crippen molar-refractivity contribution in [2.45, 2.75) is 34.1 Å². The van der Waals surface area contributed by atoms with E-state index in [2.05, 4.69) is 0 Å². The van der Waals surface area contributed by atoms with Gasteiger partial charge in [0.2, 0.25) is 0 Å². The number of aliphatic carboxylic acids is 1. The molecule has 0 aromatic heterocycles. The fourth-order valence-electron chi connectivity index (χ4n) is 0.985. The van der Waals surface area contributed by atoms with Gasteiger partial charge in [0, 0.05) is 6.42 Å². The number of carboxylic acid groups (broad SMARTS) is 1. The third-order valence-electron chi connectivity index (χ3n) is 1.65. The van der Waals surface area contributed by atoms with Crippen LogP contribution in [0.3, 0.4) is 0 Å². The highest BCUT2D eigenvalue weighted by molar-refractivity contribution is 5.86. The number of allylic oxidation sites excluding steroid dienone is 1. The number of rotatable bonds is 5. The fourth-order valence-corrected chi connectivity index (χ4v) is 0.985. The minimum atomic E-state index is -0.899. The molecule has 1 N–H and O–H groups in total. The molecular formula is C10H18O3. The van der Waals surface area contributed by atoms with Gasteiger partial charge in [-0.3, -0.25) is 0 Å². The van der Waals surface area contributed by atoms with E-state index in [4.69, 9.17) is 9.84 Å². The maximum Gasteiger partial charge on any atom is 0.334 e. The van der Waals surface area contributed by atoms with Crippen LogP contribution >= 0.6 is 0 Å². The number of carbonyl (C=O) groups is 1. The molecule has 0 saturated heterocycles. The normalized spacial score (nSPS) is 12.7. The van der Waals surface area contributed by atoms with Crippen LogP contribution in [0.15, 0.2) is 11.3 Å². The molecule has 3 nitrogen and oxygen atoms in total. The minimum Gasteiger partial charge on any atom is -0.498 e. The van der Waals surface area contributed by atoms with E-state index in [0.29, 0.717) is 30.3 Å². The smallest absolute Gasteiger partial charge is 0.334 e. The second-order valence-corrected chi connectivity index (χ2v) is 3.38. The van der Waals surface area contributed by atoms with Crippen LogP contribution in [0.2, 0.25) is 0 Å². The predicted octanol–water partition coefficient (Wildman–Crippen LogP) is 2.43. The first-order valence-corrected chi connectivity index (χ1v) is 4.54. The molecule has 0 atom stereocenters. The molecule has 0 aromatic carbocycles. The maximum absolute atomic E-state index is 10.7. The van der Waals surface area contributed by atoms with E-state index in [9.17, 15) is 4.79 Å². The monoisotopic (exact) mass is 186 g/mol. The summed E-state index contributed by atoms with van der Waals surface area (Å²) in [7, 11) is 0. The Hall–Kier alpha value is -0.990. The Labute approximate surface area is 79.4 Å². The molecule has 76 valence electrons. The number of ether oxygens (including phenoxy) is 1. The Balaban J connectivity index is 4.56. The van der Waals surface area contributed by atoms with Crippen molar-refractivity contribution in [3.8, 4) is 0 Å². The molecule has 0 amide bonds. The van der Waals surface area contributed by atoms with Gasteiger partial charge in [0.1, 0.15) is 5.76 Å². The second kappa shape index (κ2) is 5.62. The summed E-state index contributed by atoms with van der Waals surface area (Å²) in [5, 5.41) is 8.75. The van der Waals surface area contributed by atoms with Crippen molar-refractivity contribution in [2.75, 3.05) is 6.61 Å². The number of carboxylic acids is 1. The first-order chi connectivity index (χ1) is 5.99. The van der Waals surface area contributed by atoms with Crippen molar-refractivity contribution in [3.05, 3.63) is 11.3 Å². The van der Waals surface area contributed by atoms with Gasteiger partial charge in [0.15, 0.2) is 0 Å². The van der Waals surface area contributed by atoms with Crippen molar-refractivity contribution in [1.82, 2.24) is 0 Å². The first-order valence-electron chi connectivity index (χ1n) is 4.54. The Morgan fingerprint density at radius 2 is 2.00 bits per heavy atom. The molecule has 13 heavy (non-hydrogen) atoms. The van der Waals surface area contributed by atoms with Crippen molar-refractivity contribution < 1.29 is 14.6 Å². The van der Waals surface area contributed by atoms with Crippen molar-refractivity contribution in [3.63, 3.8) is 0 Å². The average molecular weight is 186 g/mol. The van der Waals surface area contributed by atoms with E-state index in [-0.39, 0.29) is 0 Å². The number of hydrogen-bond donors (Lipinski definition) is 1. The van der Waals surface area contributed by atoms with E-state index in [1.807, 2.05) is 20.8 Å². The van der Waals surface area contributed by atoms with Crippen LogP contribution < -0.4 is 0 Å². The van der Waals surface area contributed by atoms with Crippen LogP contribution in [0.4, 0.5) is 0 Å². The van der Waals surface area contributed by atoms with Gasteiger partial charge in [-0.25, -0.2) is 4.79 Å². The Morgan fingerprint density at radius 1 is 1.46 bits per heavy atom. The number of hydrogen-bond acceptors (Lipinski definition) is 2. The van der Waals surface area contributed by atoms with Gasteiger partial charge in [-0.1, -0.05) is 13.8 Å². The van der Waals surface area contributed by atoms with Crippen LogP contribution in [0.5, 0.6) is 0 Å². The molecule has 0 rings (SSSR count). The highest BCUT2D eigenvalue weighted by Crippen LogP contribution is 2.16. The summed E-state index contributed by atoms with van der Waals surface area (Å²) < 4.78 is 5.27. The van der Waals surface area contributed by atoms with Gasteiger partial charge in [-0.2, -0.15) is 0 Å². The van der Waals surface area contributed by atoms with Crippen LogP contribution in [-0.2, 0) is 9.53 Å². The van der Waals surface area contributed by atoms with E-state index < -0.39 is 5.97 Å². The summed E-state index contributed by atoms with van der Waals surface area (Å²) in [4.78, 5) is 10.7. The lowest BCUT2D eigenvalue weighted by Crippen LogP contribution is -2.06. The second-order valence-electron chi connectivity index (χ2n) is 3.38. The third kappa shape index (κ3) is 4.55. The van der Waals surface area contributed by atoms with Crippen molar-refractivity contribution in [1.29, 1.82) is 0 Å². The lowest BCUT2D eigenvalue weighted by atomic mass is 10.1. The van der Waals surface area contributed by atoms with Gasteiger partial charge in [-0.15, -0.1) is 0 Å². The van der Waals surface area contributed by atoms with E-state index in [0.717, 1.165) is 0 Å². The van der Waals surface area contributed by atoms with Crippen LogP contribution in [0.25, 0.3) is 0 Å². The van der Waals surface area contributed by atoms with E-state index >= 15 is 0 Å². The standard InChI is InChI=1S/C10H18O3/c1-5-13-9(6-7(2)3)8(4)10(11)12/h7H,5-6H2,1-4H3,(H,11,12). The highest BCUT2D eigenvalue weighted by atomic mass is 16.5. The molecule has 0 aliphatic heterocycles. The van der Waals surface area contributed by atoms with Gasteiger partial charge < -0.3 is 9.84 Å². The molecule has 0 saturated carbocycles. The lowest BCUT2D eigenvalue weighted by Gasteiger charge is -2.12. The summed E-state index contributed by atoms with van der Waals surface area (Å²) >= 11 is 0. The third-order valence-corrected chi connectivity index (χ3v) is 1.65. The molecule has 0 fully saturated rings. The molecule has 0 aliphatic carbocycles. The summed E-state index contributed by atoms with van der Waals surface area (Å²) in [6, 6.07) is 0. The Bertz CT molecular complexity index is 204. The molecule has 0 bridgehead atoms. The molecule has 0 heterocycles. The van der Waals surface area contributed by atoms with Crippen LogP contribution in [-0.4, -0.2) is 17.7 Å². The zero-order chi connectivity index (χ0) is 10.4. The molecule has 0 aliphatic rings. The fraction of sp³-hybridized carbons (Fsp3) is 0.700. The minimum absolute atomic E-state index is 0.315. The zero-order valence-electron chi connectivity index (χ0n) is 8.76. The summed E-state index contributed by atoms with van der Waals surface area (Å²) in [5.74, 6) is 0.116. The van der Waals surface area contributed by atoms with Crippen LogP contribution in [0, 0.1) is 5.92 Å². The summed E-state index contributed by atoms with van der Waals surface area (Å²) in [6.45, 7) is 8.03. The topological polar surface area (TPSA) is 46.5 Å². The Morgan fingerprint density at radius 3 is 2.31 bits per heavy atom. The van der Waals surface area contributed by atoms with E-state index in [1.165, 1.54) is 0 Å². The largest absolute Gasteiger partial charge is 0.498 e. The SMILES string of the molecule is CCOC(CC(C)C)=C(C)C(=O)O. The van der Waals surface area contributed by atoms with Gasteiger partial charge in [-0.05, 0) is 19.8 Å². The van der Waals surface area contributed by atoms with Crippen molar-refractivity contribution in [2.24, 2.45) is 5.92 Å². The summed E-state index contributed by atoms with van der Waals surface area (Å²) in [6.07, 6.45) is 0.686. The maximum atomic E-state index is 10.7. The van der Waals surface area contributed by atoms with Gasteiger partial charge >= 0.3 is 5.97 Å². The lowest BCUT2D eigenvalue weighted by molar-refractivity contribution is -0.132. The molecular weight excluding hydrogens is 168 g/mol. The van der Waals surface area contributed by atoms with Gasteiger partial charge in [0.05, 0.1) is 12.2 Å². The van der Waals surface area contributed by atoms with Gasteiger partial charge in [0.25, 0.3) is 0 Å². The summed E-state index contributed by atoms with van der Waals surface area (Å²) in [5.41, 5.74) is 0.315. The van der Waals surface area contributed by atoms with E-state index in [1.54, 1.807) is 6.92 Å². The zero-order valence-corrected chi connectivity index (χ0v) is 8.76. The Kier molecular flexibility index (Phi) is 5.19. The average Bonchev–Trinajstić information content (AvgIpc) is 2.01. The predicted molar refractivity (Wildman–Crippen MR) is 51.4 cm³/mol. The van der Waals surface area contributed by atoms with Crippen molar-refractivity contribution >= 4 is 5.97 Å². The molecule has 0 radical (unpaired) electrons. The molecule has 0 aromatic rings. The first kappa shape index (κ1) is 12.0. The molecule has 0 spiro atoms. The quantitative estimate of drug-likeness (QED) is 0.530.